The maximum atomic E-state index is 9.19. The van der Waals surface area contributed by atoms with Gasteiger partial charge in [-0.2, -0.15) is 5.26 Å². The van der Waals surface area contributed by atoms with E-state index in [0.717, 1.165) is 36.2 Å². The fourth-order valence-corrected chi connectivity index (χ4v) is 2.73. The molecule has 2 rings (SSSR count). The Labute approximate surface area is 116 Å². The van der Waals surface area contributed by atoms with Gasteiger partial charge in [0, 0.05) is 29.8 Å². The minimum atomic E-state index is 0.189. The van der Waals surface area contributed by atoms with E-state index in [4.69, 9.17) is 5.73 Å². The second-order valence-electron chi connectivity index (χ2n) is 4.84. The van der Waals surface area contributed by atoms with Gasteiger partial charge in [-0.3, -0.25) is 0 Å². The third-order valence-electron chi connectivity index (χ3n) is 3.45. The van der Waals surface area contributed by atoms with Crippen molar-refractivity contribution in [2.45, 2.75) is 25.8 Å². The molecule has 0 spiro atoms. The molecule has 0 aliphatic carbocycles. The number of nitrogens with two attached hydrogens (primary N) is 1. The smallest absolute Gasteiger partial charge is 0.146 e. The van der Waals surface area contributed by atoms with Crippen molar-refractivity contribution in [1.29, 1.82) is 5.26 Å². The number of pyridine rings is 1. The van der Waals surface area contributed by atoms with Crippen molar-refractivity contribution in [3.05, 3.63) is 22.3 Å². The summed E-state index contributed by atoms with van der Waals surface area (Å²) in [6.45, 7) is 3.89. The molecule has 4 nitrogen and oxygen atoms in total. The van der Waals surface area contributed by atoms with Crippen molar-refractivity contribution < 1.29 is 0 Å². The first kappa shape index (κ1) is 13.3. The predicted octanol–water partition coefficient (Wildman–Crippen LogP) is 2.28. The summed E-state index contributed by atoms with van der Waals surface area (Å²) in [7, 11) is 0. The van der Waals surface area contributed by atoms with Gasteiger partial charge >= 0.3 is 0 Å². The van der Waals surface area contributed by atoms with Crippen LogP contribution in [0, 0.1) is 17.2 Å². The number of hydrogen-bond donors (Lipinski definition) is 1. The van der Waals surface area contributed by atoms with Crippen molar-refractivity contribution in [2.24, 2.45) is 11.7 Å². The SMILES string of the molecule is CC(N)C1CCCN(c2ncc(Br)cc2C#N)C1. The van der Waals surface area contributed by atoms with E-state index in [-0.39, 0.29) is 6.04 Å². The van der Waals surface area contributed by atoms with Crippen LogP contribution in [0.3, 0.4) is 0 Å². The van der Waals surface area contributed by atoms with Gasteiger partial charge in [-0.1, -0.05) is 0 Å². The maximum Gasteiger partial charge on any atom is 0.146 e. The van der Waals surface area contributed by atoms with Crippen LogP contribution < -0.4 is 10.6 Å². The molecule has 1 aromatic heterocycles. The topological polar surface area (TPSA) is 65.9 Å². The maximum absolute atomic E-state index is 9.19. The van der Waals surface area contributed by atoms with Crippen molar-refractivity contribution >= 4 is 21.7 Å². The van der Waals surface area contributed by atoms with Crippen molar-refractivity contribution in [1.82, 2.24) is 4.98 Å². The van der Waals surface area contributed by atoms with E-state index >= 15 is 0 Å². The zero-order chi connectivity index (χ0) is 13.1. The molecule has 2 unspecified atom stereocenters. The summed E-state index contributed by atoms with van der Waals surface area (Å²) in [5, 5.41) is 9.19. The number of nitriles is 1. The molecule has 0 bridgehead atoms. The summed E-state index contributed by atoms with van der Waals surface area (Å²) in [6, 6.07) is 4.22. The second-order valence-corrected chi connectivity index (χ2v) is 5.76. The molecule has 5 heteroatoms. The highest BCUT2D eigenvalue weighted by Gasteiger charge is 2.25. The van der Waals surface area contributed by atoms with Crippen LogP contribution in [0.5, 0.6) is 0 Å². The van der Waals surface area contributed by atoms with Crippen LogP contribution in [0.2, 0.25) is 0 Å². The van der Waals surface area contributed by atoms with E-state index in [1.165, 1.54) is 0 Å². The lowest BCUT2D eigenvalue weighted by Crippen LogP contribution is -2.43. The van der Waals surface area contributed by atoms with Crippen LogP contribution in [0.4, 0.5) is 5.82 Å². The Kier molecular flexibility index (Phi) is 4.20. The Bertz CT molecular complexity index is 467. The third kappa shape index (κ3) is 2.82. The number of anilines is 1. The lowest BCUT2D eigenvalue weighted by atomic mass is 9.92. The molecule has 2 atom stereocenters. The first-order chi connectivity index (χ1) is 8.61. The number of piperidine rings is 1. The van der Waals surface area contributed by atoms with E-state index in [2.05, 4.69) is 31.9 Å². The summed E-state index contributed by atoms with van der Waals surface area (Å²) < 4.78 is 0.837. The minimum absolute atomic E-state index is 0.189. The average molecular weight is 309 g/mol. The number of rotatable bonds is 2. The van der Waals surface area contributed by atoms with Gasteiger partial charge in [0.1, 0.15) is 11.9 Å². The van der Waals surface area contributed by atoms with Gasteiger partial charge in [0.05, 0.1) is 5.56 Å². The van der Waals surface area contributed by atoms with Crippen LogP contribution in [-0.2, 0) is 0 Å². The summed E-state index contributed by atoms with van der Waals surface area (Å²) in [5.74, 6) is 1.27. The minimum Gasteiger partial charge on any atom is -0.355 e. The molecule has 96 valence electrons. The van der Waals surface area contributed by atoms with Crippen molar-refractivity contribution in [2.75, 3.05) is 18.0 Å². The fourth-order valence-electron chi connectivity index (χ4n) is 2.40. The highest BCUT2D eigenvalue weighted by Crippen LogP contribution is 2.26. The third-order valence-corrected chi connectivity index (χ3v) is 3.89. The highest BCUT2D eigenvalue weighted by molar-refractivity contribution is 9.10. The van der Waals surface area contributed by atoms with Crippen LogP contribution in [0.15, 0.2) is 16.7 Å². The Morgan fingerprint density at radius 3 is 3.11 bits per heavy atom. The monoisotopic (exact) mass is 308 g/mol. The molecule has 0 aromatic carbocycles. The quantitative estimate of drug-likeness (QED) is 0.910. The highest BCUT2D eigenvalue weighted by atomic mass is 79.9. The van der Waals surface area contributed by atoms with E-state index < -0.39 is 0 Å². The van der Waals surface area contributed by atoms with Crippen LogP contribution in [0.25, 0.3) is 0 Å². The molecule has 1 aliphatic rings. The molecule has 1 saturated heterocycles. The normalized spacial score (nSPS) is 21.4. The Hall–Kier alpha value is -1.12. The first-order valence-corrected chi connectivity index (χ1v) is 6.97. The number of halogens is 1. The molecule has 1 aromatic rings. The first-order valence-electron chi connectivity index (χ1n) is 6.18. The van der Waals surface area contributed by atoms with E-state index in [0.29, 0.717) is 11.5 Å². The van der Waals surface area contributed by atoms with E-state index in [1.807, 2.05) is 13.0 Å². The lowest BCUT2D eigenvalue weighted by molar-refractivity contribution is 0.363. The second kappa shape index (κ2) is 5.68. The molecule has 18 heavy (non-hydrogen) atoms. The lowest BCUT2D eigenvalue weighted by Gasteiger charge is -2.35. The summed E-state index contributed by atoms with van der Waals surface area (Å²) >= 11 is 3.34. The zero-order valence-electron chi connectivity index (χ0n) is 10.4. The largest absolute Gasteiger partial charge is 0.355 e. The zero-order valence-corrected chi connectivity index (χ0v) is 12.0. The molecule has 2 heterocycles. The summed E-state index contributed by atoms with van der Waals surface area (Å²) in [4.78, 5) is 6.57. The Morgan fingerprint density at radius 1 is 1.67 bits per heavy atom. The fraction of sp³-hybridized carbons (Fsp3) is 0.538. The summed E-state index contributed by atoms with van der Waals surface area (Å²) in [6.07, 6.45) is 4.01. The van der Waals surface area contributed by atoms with Crippen molar-refractivity contribution in [3.8, 4) is 6.07 Å². The van der Waals surface area contributed by atoms with Gasteiger partial charge in [-0.25, -0.2) is 4.98 Å². The molecule has 0 amide bonds. The van der Waals surface area contributed by atoms with Crippen molar-refractivity contribution in [3.63, 3.8) is 0 Å². The van der Waals surface area contributed by atoms with Gasteiger partial charge in [0.15, 0.2) is 0 Å². The Morgan fingerprint density at radius 2 is 2.44 bits per heavy atom. The van der Waals surface area contributed by atoms with Gasteiger partial charge in [0.25, 0.3) is 0 Å². The van der Waals surface area contributed by atoms with Gasteiger partial charge in [-0.05, 0) is 47.7 Å². The number of aromatic nitrogens is 1. The molecule has 1 aliphatic heterocycles. The van der Waals surface area contributed by atoms with E-state index in [9.17, 15) is 5.26 Å². The molecule has 0 saturated carbocycles. The van der Waals surface area contributed by atoms with Crippen LogP contribution >= 0.6 is 15.9 Å². The molecular weight excluding hydrogens is 292 g/mol. The summed E-state index contributed by atoms with van der Waals surface area (Å²) in [5.41, 5.74) is 6.60. The van der Waals surface area contributed by atoms with Gasteiger partial charge in [-0.15, -0.1) is 0 Å². The van der Waals surface area contributed by atoms with Gasteiger partial charge < -0.3 is 10.6 Å². The van der Waals surface area contributed by atoms with Crippen LogP contribution in [-0.4, -0.2) is 24.1 Å². The molecule has 1 fully saturated rings. The molecular formula is C13H17BrN4. The number of nitrogens with zero attached hydrogens (tertiary/aromatic N) is 3. The van der Waals surface area contributed by atoms with Gasteiger partial charge in [0.2, 0.25) is 0 Å². The average Bonchev–Trinajstić information content (AvgIpc) is 2.38. The molecule has 2 N–H and O–H groups in total. The molecule has 0 radical (unpaired) electrons. The number of hydrogen-bond acceptors (Lipinski definition) is 4. The Balaban J connectivity index is 2.23. The van der Waals surface area contributed by atoms with E-state index in [1.54, 1.807) is 6.20 Å². The standard InChI is InChI=1S/C13H17BrN4/c1-9(16)10-3-2-4-18(8-10)13-11(6-15)5-12(14)7-17-13/h5,7,9-10H,2-4,8,16H2,1H3. The van der Waals surface area contributed by atoms with Crippen LogP contribution in [0.1, 0.15) is 25.3 Å². The predicted molar refractivity (Wildman–Crippen MR) is 75.2 cm³/mol.